The van der Waals surface area contributed by atoms with E-state index in [9.17, 15) is 14.4 Å². The van der Waals surface area contributed by atoms with E-state index in [2.05, 4.69) is 145 Å². The zero-order valence-electron chi connectivity index (χ0n) is 55.9. The van der Waals surface area contributed by atoms with Gasteiger partial charge in [0.15, 0.2) is 33.3 Å². The highest BCUT2D eigenvalue weighted by atomic mass is 28.4. The molecule has 0 N–H and O–H groups in total. The Bertz CT molecular complexity index is 2840. The summed E-state index contributed by atoms with van der Waals surface area (Å²) in [7, 11) is 0.477. The lowest BCUT2D eigenvalue weighted by atomic mass is 9.78. The van der Waals surface area contributed by atoms with E-state index in [-0.39, 0.29) is 38.2 Å². The van der Waals surface area contributed by atoms with E-state index in [1.165, 1.54) is 114 Å². The van der Waals surface area contributed by atoms with E-state index in [0.29, 0.717) is 11.5 Å². The maximum absolute atomic E-state index is 10.9. The van der Waals surface area contributed by atoms with Gasteiger partial charge >= 0.3 is 17.9 Å². The van der Waals surface area contributed by atoms with Gasteiger partial charge in [0.2, 0.25) is 0 Å². The molecule has 0 saturated carbocycles. The third-order valence-electron chi connectivity index (χ3n) is 14.4. The molecular formula is C73H114O11Si4. The van der Waals surface area contributed by atoms with Gasteiger partial charge in [-0.15, -0.1) is 0 Å². The zero-order chi connectivity index (χ0) is 64.4. The fraction of sp³-hybridized carbons (Fsp3) is 0.466. The van der Waals surface area contributed by atoms with Gasteiger partial charge in [0.1, 0.15) is 28.7 Å². The molecule has 0 unspecified atom stereocenters. The van der Waals surface area contributed by atoms with E-state index in [4.69, 9.17) is 31.9 Å². The molecule has 6 rings (SSSR count). The van der Waals surface area contributed by atoms with Crippen LogP contribution in [0.2, 0.25) is 76.6 Å². The van der Waals surface area contributed by atoms with E-state index in [1.807, 2.05) is 78.9 Å². The first kappa shape index (κ1) is 81.9. The maximum atomic E-state index is 10.9. The van der Waals surface area contributed by atoms with Gasteiger partial charge in [-0.1, -0.05) is 165 Å². The quantitative estimate of drug-likeness (QED) is 0.0293. The van der Waals surface area contributed by atoms with Crippen LogP contribution >= 0.6 is 0 Å². The molecule has 0 bridgehead atoms. The summed E-state index contributed by atoms with van der Waals surface area (Å²) in [6, 6.07) is 55.2. The van der Waals surface area contributed by atoms with E-state index in [1.54, 1.807) is 33.5 Å². The molecule has 6 aromatic rings. The third-order valence-corrected chi connectivity index (χ3v) is 29.4. The number of methoxy groups -OCH3 is 4. The Morgan fingerprint density at radius 2 is 0.727 bits per heavy atom. The molecule has 0 fully saturated rings. The Labute approximate surface area is 538 Å². The van der Waals surface area contributed by atoms with Gasteiger partial charge in [-0.05, 0) is 190 Å². The van der Waals surface area contributed by atoms with Crippen LogP contribution in [0.3, 0.4) is 0 Å². The van der Waals surface area contributed by atoms with Crippen LogP contribution in [0.25, 0.3) is 11.1 Å². The van der Waals surface area contributed by atoms with E-state index in [0.717, 1.165) is 40.4 Å². The Balaban J connectivity index is 0.00000111. The van der Waals surface area contributed by atoms with Crippen molar-refractivity contribution in [2.75, 3.05) is 28.4 Å². The number of carbonyl (C=O) groups is 3. The first-order chi connectivity index (χ1) is 40.5. The molecule has 0 aromatic heterocycles. The highest BCUT2D eigenvalue weighted by molar-refractivity contribution is 6.85. The van der Waals surface area contributed by atoms with Gasteiger partial charge in [-0.25, -0.2) is 0 Å². The Morgan fingerprint density at radius 1 is 0.398 bits per heavy atom. The molecular weight excluding hydrogens is 1170 g/mol. The minimum atomic E-state index is -1.55. The molecule has 488 valence electrons. The van der Waals surface area contributed by atoms with Crippen molar-refractivity contribution in [3.63, 3.8) is 0 Å². The van der Waals surface area contributed by atoms with Crippen molar-refractivity contribution in [1.82, 2.24) is 0 Å². The fourth-order valence-corrected chi connectivity index (χ4v) is 27.9. The lowest BCUT2D eigenvalue weighted by molar-refractivity contribution is -0.138. The van der Waals surface area contributed by atoms with Crippen molar-refractivity contribution in [3.05, 3.63) is 174 Å². The fourth-order valence-electron chi connectivity index (χ4n) is 9.83. The summed E-state index contributed by atoms with van der Waals surface area (Å²) >= 11 is 0. The zero-order valence-corrected chi connectivity index (χ0v) is 59.9. The standard InChI is InChI=1S/C18H20O3.C18H34O2Si2.C17H32OSi2.C15H14O3.C3H6O2.2CH4/c1-13(19)21-17-11-7-15(8-12-17)18(2,3)14-5-9-16(20-4)10-6-14;1-7-8-15-21(3,4)20-22(5,6)16-11-13-17-12-9-10-14-18(17)19-2;1-6-7-15-19(2,3)18-20(4,5)16-11-14-17-12-9-8-10-13-17;1-11(16)18-15-9-5-13(6-10-15)12-3-7-14(17-2)8-4-12;1-3(4)5-2;;/h5-12H,1-4H3;9-10,12,14H,7-8,11,13,15-16H2,1-6H3;8-10,12-13H,6-7,11,14-16H2,1-5H3;3-10H,1-2H3;1-2H3;2*1H4. The normalized spacial score (nSPS) is 11.0. The summed E-state index contributed by atoms with van der Waals surface area (Å²) < 4.78 is 43.2. The smallest absolute Gasteiger partial charge is 0.308 e. The van der Waals surface area contributed by atoms with Crippen LogP contribution in [0.4, 0.5) is 0 Å². The minimum absolute atomic E-state index is 0. The largest absolute Gasteiger partial charge is 0.497 e. The molecule has 88 heavy (non-hydrogen) atoms. The van der Waals surface area contributed by atoms with Crippen molar-refractivity contribution < 1.29 is 51.0 Å². The summed E-state index contributed by atoms with van der Waals surface area (Å²) in [5.41, 5.74) is 7.14. The van der Waals surface area contributed by atoms with Crippen LogP contribution in [0, 0.1) is 0 Å². The predicted molar refractivity (Wildman–Crippen MR) is 381 cm³/mol. The van der Waals surface area contributed by atoms with Gasteiger partial charge in [0.25, 0.3) is 0 Å². The van der Waals surface area contributed by atoms with Crippen LogP contribution in [-0.2, 0) is 45.6 Å². The first-order valence-electron chi connectivity index (χ1n) is 30.5. The highest BCUT2D eigenvalue weighted by Crippen LogP contribution is 2.34. The number of rotatable bonds is 26. The van der Waals surface area contributed by atoms with E-state index < -0.39 is 33.3 Å². The third kappa shape index (κ3) is 34.0. The van der Waals surface area contributed by atoms with Gasteiger partial charge in [-0.2, -0.15) is 0 Å². The number of para-hydroxylation sites is 1. The van der Waals surface area contributed by atoms with Crippen molar-refractivity contribution in [1.29, 1.82) is 0 Å². The molecule has 0 aliphatic heterocycles. The summed E-state index contributed by atoms with van der Waals surface area (Å²) in [4.78, 5) is 31.3. The number of benzene rings is 6. The molecule has 0 atom stereocenters. The monoisotopic (exact) mass is 1280 g/mol. The lowest BCUT2D eigenvalue weighted by Gasteiger charge is -2.34. The summed E-state index contributed by atoms with van der Waals surface area (Å²) in [5.74, 6) is 2.95. The molecule has 0 radical (unpaired) electrons. The van der Waals surface area contributed by atoms with Gasteiger partial charge < -0.3 is 36.7 Å². The van der Waals surface area contributed by atoms with Crippen LogP contribution in [0.1, 0.15) is 124 Å². The highest BCUT2D eigenvalue weighted by Gasteiger charge is 2.33. The van der Waals surface area contributed by atoms with Crippen molar-refractivity contribution in [2.24, 2.45) is 0 Å². The second kappa shape index (κ2) is 42.0. The summed E-state index contributed by atoms with van der Waals surface area (Å²) in [5, 5.41) is 0. The molecule has 0 aliphatic carbocycles. The average Bonchev–Trinajstić information content (AvgIpc) is 2.05. The maximum Gasteiger partial charge on any atom is 0.308 e. The molecule has 0 spiro atoms. The molecule has 0 amide bonds. The molecule has 6 aromatic carbocycles. The van der Waals surface area contributed by atoms with Crippen LogP contribution in [0.15, 0.2) is 152 Å². The first-order valence-corrected chi connectivity index (χ1v) is 43.0. The van der Waals surface area contributed by atoms with Gasteiger partial charge in [0.05, 0.1) is 28.4 Å². The summed E-state index contributed by atoms with van der Waals surface area (Å²) in [6.45, 7) is 32.1. The number of ether oxygens (including phenoxy) is 6. The van der Waals surface area contributed by atoms with Crippen LogP contribution in [-0.4, -0.2) is 79.6 Å². The van der Waals surface area contributed by atoms with Crippen LogP contribution in [0.5, 0.6) is 28.7 Å². The molecule has 0 heterocycles. The number of carbonyl (C=O) groups excluding carboxylic acids is 3. The molecule has 15 heteroatoms. The average molecular weight is 1280 g/mol. The Kier molecular flexibility index (Phi) is 39.1. The topological polar surface area (TPSA) is 125 Å². The van der Waals surface area contributed by atoms with Crippen LogP contribution < -0.4 is 23.7 Å². The van der Waals surface area contributed by atoms with Gasteiger partial charge in [-0.3, -0.25) is 14.4 Å². The molecule has 0 aliphatic rings. The Morgan fingerprint density at radius 3 is 1.08 bits per heavy atom. The number of unbranched alkanes of at least 4 members (excludes halogenated alkanes) is 2. The van der Waals surface area contributed by atoms with E-state index >= 15 is 0 Å². The molecule has 11 nitrogen and oxygen atoms in total. The number of hydrogen-bond acceptors (Lipinski definition) is 11. The second-order valence-corrected chi connectivity index (χ2v) is 42.2. The Hall–Kier alpha value is -6.08. The predicted octanol–water partition coefficient (Wildman–Crippen LogP) is 20.4. The van der Waals surface area contributed by atoms with Crippen molar-refractivity contribution in [3.8, 4) is 39.9 Å². The number of esters is 3. The number of hydrogen-bond donors (Lipinski definition) is 0. The van der Waals surface area contributed by atoms with Gasteiger partial charge in [0, 0.05) is 26.2 Å². The van der Waals surface area contributed by atoms with Crippen molar-refractivity contribution in [2.45, 2.75) is 197 Å². The second-order valence-electron chi connectivity index (χ2n) is 24.5. The molecule has 0 saturated heterocycles. The number of aryl methyl sites for hydroxylation is 2. The minimum Gasteiger partial charge on any atom is -0.497 e. The SMILES string of the molecule is C.C.CCCC[Si](C)(C)O[Si](C)(C)CCCc1ccccc1.CCCC[Si](C)(C)O[Si](C)(C)CCCc1ccccc1OC.COC(C)=O.COc1ccc(-c2ccc(OC(C)=O)cc2)cc1.COc1ccc(C(C)(C)c2ccc(OC(C)=O)cc2)cc1. The summed E-state index contributed by atoms with van der Waals surface area (Å²) in [6.07, 6.45) is 9.93. The van der Waals surface area contributed by atoms with Crippen molar-refractivity contribution >= 4 is 51.2 Å². The lowest BCUT2D eigenvalue weighted by Crippen LogP contribution is -2.44.